The van der Waals surface area contributed by atoms with Crippen LogP contribution in [0.1, 0.15) is 11.1 Å². The fourth-order valence-electron chi connectivity index (χ4n) is 3.52. The molecule has 1 amide bonds. The molecule has 4 aromatic carbocycles. The molecule has 0 atom stereocenters. The molecule has 0 spiro atoms. The van der Waals surface area contributed by atoms with E-state index in [0.717, 1.165) is 10.8 Å². The van der Waals surface area contributed by atoms with Crippen LogP contribution in [0.2, 0.25) is 5.02 Å². The monoisotopic (exact) mass is 483 g/mol. The molecule has 4 aromatic rings. The number of halogens is 1. The summed E-state index contributed by atoms with van der Waals surface area (Å²) in [5.74, 6) is -0.188. The second kappa shape index (κ2) is 10.5. The van der Waals surface area contributed by atoms with Crippen LogP contribution in [-0.4, -0.2) is 10.8 Å². The maximum atomic E-state index is 12.9. The van der Waals surface area contributed by atoms with Crippen molar-refractivity contribution in [2.75, 3.05) is 5.32 Å². The number of nitro groups is 1. The zero-order valence-electron chi connectivity index (χ0n) is 18.3. The van der Waals surface area contributed by atoms with Crippen molar-refractivity contribution in [1.82, 2.24) is 0 Å². The Morgan fingerprint density at radius 3 is 2.60 bits per heavy atom. The molecular formula is C27H18ClN3O4. The highest BCUT2D eigenvalue weighted by atomic mass is 35.5. The van der Waals surface area contributed by atoms with Gasteiger partial charge in [-0.15, -0.1) is 0 Å². The van der Waals surface area contributed by atoms with Gasteiger partial charge >= 0.3 is 0 Å². The number of hydrogen-bond acceptors (Lipinski definition) is 5. The SMILES string of the molecule is N#C/C(=C\c1c(OCc2cccc([N+](=O)[O-])c2)ccc2ccccc12)C(=O)Nc1ccccc1Cl. The first-order valence-electron chi connectivity index (χ1n) is 10.5. The second-order valence-electron chi connectivity index (χ2n) is 7.52. The number of carbonyl (C=O) groups excluding carboxylic acids is 1. The van der Waals surface area contributed by atoms with Gasteiger partial charge in [-0.3, -0.25) is 14.9 Å². The topological polar surface area (TPSA) is 105 Å². The Hall–Kier alpha value is -4.67. The molecule has 7 nitrogen and oxygen atoms in total. The van der Waals surface area contributed by atoms with E-state index in [4.69, 9.17) is 16.3 Å². The largest absolute Gasteiger partial charge is 0.488 e. The molecule has 8 heteroatoms. The van der Waals surface area contributed by atoms with Gasteiger partial charge in [-0.05, 0) is 40.6 Å². The van der Waals surface area contributed by atoms with E-state index in [2.05, 4.69) is 5.32 Å². The van der Waals surface area contributed by atoms with Crippen LogP contribution in [0, 0.1) is 21.4 Å². The quantitative estimate of drug-likeness (QED) is 0.139. The summed E-state index contributed by atoms with van der Waals surface area (Å²) in [7, 11) is 0. The fourth-order valence-corrected chi connectivity index (χ4v) is 3.70. The highest BCUT2D eigenvalue weighted by Crippen LogP contribution is 2.31. The van der Waals surface area contributed by atoms with Gasteiger partial charge in [-0.1, -0.05) is 66.2 Å². The Labute approximate surface area is 206 Å². The average molecular weight is 484 g/mol. The molecule has 4 rings (SSSR count). The number of nitriles is 1. The Bertz CT molecular complexity index is 1510. The number of para-hydroxylation sites is 1. The number of nitro benzene ring substituents is 1. The van der Waals surface area contributed by atoms with Crippen LogP contribution in [0.25, 0.3) is 16.8 Å². The van der Waals surface area contributed by atoms with Crippen molar-refractivity contribution in [3.8, 4) is 11.8 Å². The van der Waals surface area contributed by atoms with Gasteiger partial charge in [0.15, 0.2) is 0 Å². The summed E-state index contributed by atoms with van der Waals surface area (Å²) in [6.07, 6.45) is 1.47. The van der Waals surface area contributed by atoms with E-state index in [9.17, 15) is 20.2 Å². The zero-order chi connectivity index (χ0) is 24.8. The standard InChI is InChI=1S/C27H18ClN3O4/c28-24-10-3-4-11-25(24)30-27(32)20(16-29)15-23-22-9-2-1-7-19(22)12-13-26(23)35-17-18-6-5-8-21(14-18)31(33)34/h1-15H,17H2,(H,30,32)/b20-15+. The minimum atomic E-state index is -0.613. The number of anilines is 1. The number of nitrogens with zero attached hydrogens (tertiary/aromatic N) is 2. The van der Waals surface area contributed by atoms with Crippen molar-refractivity contribution in [2.45, 2.75) is 6.61 Å². The van der Waals surface area contributed by atoms with Crippen molar-refractivity contribution in [3.05, 3.63) is 117 Å². The molecular weight excluding hydrogens is 466 g/mol. The minimum Gasteiger partial charge on any atom is -0.488 e. The Morgan fingerprint density at radius 2 is 1.83 bits per heavy atom. The number of ether oxygens (including phenoxy) is 1. The summed E-state index contributed by atoms with van der Waals surface area (Å²) in [5.41, 5.74) is 1.37. The summed E-state index contributed by atoms with van der Waals surface area (Å²) < 4.78 is 6.00. The van der Waals surface area contributed by atoms with E-state index < -0.39 is 10.8 Å². The van der Waals surface area contributed by atoms with Crippen LogP contribution < -0.4 is 10.1 Å². The number of nitrogens with one attached hydrogen (secondary N) is 1. The third-order valence-corrected chi connectivity index (χ3v) is 5.55. The molecule has 0 heterocycles. The van der Waals surface area contributed by atoms with Gasteiger partial charge in [0.25, 0.3) is 11.6 Å². The first-order valence-corrected chi connectivity index (χ1v) is 10.9. The molecule has 0 radical (unpaired) electrons. The van der Waals surface area contributed by atoms with E-state index in [0.29, 0.717) is 27.6 Å². The number of benzene rings is 4. The molecule has 0 bridgehead atoms. The van der Waals surface area contributed by atoms with Crippen LogP contribution in [0.15, 0.2) is 90.5 Å². The van der Waals surface area contributed by atoms with Gasteiger partial charge in [-0.25, -0.2) is 0 Å². The number of amides is 1. The Balaban J connectivity index is 1.70. The lowest BCUT2D eigenvalue weighted by Crippen LogP contribution is -2.13. The van der Waals surface area contributed by atoms with Crippen molar-refractivity contribution in [3.63, 3.8) is 0 Å². The van der Waals surface area contributed by atoms with Crippen LogP contribution >= 0.6 is 11.6 Å². The molecule has 0 unspecified atom stereocenters. The molecule has 0 aliphatic carbocycles. The molecule has 172 valence electrons. The van der Waals surface area contributed by atoms with Crippen molar-refractivity contribution >= 4 is 45.7 Å². The normalized spacial score (nSPS) is 11.0. The van der Waals surface area contributed by atoms with Crippen LogP contribution in [0.5, 0.6) is 5.75 Å². The van der Waals surface area contributed by atoms with E-state index in [1.165, 1.54) is 18.2 Å². The highest BCUT2D eigenvalue weighted by Gasteiger charge is 2.15. The molecule has 0 aliphatic rings. The predicted molar refractivity (Wildman–Crippen MR) is 135 cm³/mol. The Kier molecular flexibility index (Phi) is 7.05. The van der Waals surface area contributed by atoms with Gasteiger partial charge in [0.2, 0.25) is 0 Å². The summed E-state index contributed by atoms with van der Waals surface area (Å²) in [5, 5.41) is 25.5. The minimum absolute atomic E-state index is 0.0345. The summed E-state index contributed by atoms with van der Waals surface area (Å²) in [6, 6.07) is 26.0. The van der Waals surface area contributed by atoms with E-state index >= 15 is 0 Å². The first kappa shape index (κ1) is 23.5. The molecule has 0 fully saturated rings. The maximum Gasteiger partial charge on any atom is 0.269 e. The number of non-ortho nitro benzene ring substituents is 1. The van der Waals surface area contributed by atoms with Crippen LogP contribution in [0.3, 0.4) is 0 Å². The van der Waals surface area contributed by atoms with Crippen molar-refractivity contribution < 1.29 is 14.5 Å². The van der Waals surface area contributed by atoms with E-state index in [-0.39, 0.29) is 17.9 Å². The molecule has 0 aliphatic heterocycles. The lowest BCUT2D eigenvalue weighted by atomic mass is 10.0. The van der Waals surface area contributed by atoms with Crippen molar-refractivity contribution in [1.29, 1.82) is 5.26 Å². The van der Waals surface area contributed by atoms with E-state index in [1.807, 2.05) is 36.4 Å². The molecule has 0 aromatic heterocycles. The summed E-state index contributed by atoms with van der Waals surface area (Å²) in [4.78, 5) is 23.5. The average Bonchev–Trinajstić information content (AvgIpc) is 2.87. The van der Waals surface area contributed by atoms with Gasteiger partial charge in [-0.2, -0.15) is 5.26 Å². The molecule has 35 heavy (non-hydrogen) atoms. The number of fused-ring (bicyclic) bond motifs is 1. The third-order valence-electron chi connectivity index (χ3n) is 5.22. The smallest absolute Gasteiger partial charge is 0.269 e. The lowest BCUT2D eigenvalue weighted by Gasteiger charge is -2.13. The third kappa shape index (κ3) is 5.46. The lowest BCUT2D eigenvalue weighted by molar-refractivity contribution is -0.384. The van der Waals surface area contributed by atoms with Gasteiger partial charge in [0.05, 0.1) is 15.6 Å². The number of hydrogen-bond donors (Lipinski definition) is 1. The molecule has 0 saturated heterocycles. The maximum absolute atomic E-state index is 12.9. The molecule has 1 N–H and O–H groups in total. The molecule has 0 saturated carbocycles. The van der Waals surface area contributed by atoms with Crippen LogP contribution in [0.4, 0.5) is 11.4 Å². The van der Waals surface area contributed by atoms with Gasteiger partial charge in [0, 0.05) is 17.7 Å². The van der Waals surface area contributed by atoms with E-state index in [1.54, 1.807) is 42.5 Å². The van der Waals surface area contributed by atoms with Gasteiger partial charge in [0.1, 0.15) is 24.0 Å². The zero-order valence-corrected chi connectivity index (χ0v) is 19.0. The fraction of sp³-hybridized carbons (Fsp3) is 0.0370. The number of rotatable bonds is 7. The number of carbonyl (C=O) groups is 1. The predicted octanol–water partition coefficient (Wildman–Crippen LogP) is 6.53. The summed E-state index contributed by atoms with van der Waals surface area (Å²) in [6.45, 7) is 0.0641. The Morgan fingerprint density at radius 1 is 1.06 bits per heavy atom. The highest BCUT2D eigenvalue weighted by molar-refractivity contribution is 6.34. The first-order chi connectivity index (χ1) is 17.0. The second-order valence-corrected chi connectivity index (χ2v) is 7.93. The van der Waals surface area contributed by atoms with Crippen LogP contribution in [-0.2, 0) is 11.4 Å². The van der Waals surface area contributed by atoms with Gasteiger partial charge < -0.3 is 10.1 Å². The van der Waals surface area contributed by atoms with Crippen molar-refractivity contribution in [2.24, 2.45) is 0 Å². The summed E-state index contributed by atoms with van der Waals surface area (Å²) >= 11 is 6.13.